The van der Waals surface area contributed by atoms with Crippen LogP contribution in [0.3, 0.4) is 0 Å². The normalized spacial score (nSPS) is 16.4. The van der Waals surface area contributed by atoms with Crippen molar-refractivity contribution in [1.82, 2.24) is 15.2 Å². The fourth-order valence-corrected chi connectivity index (χ4v) is 2.86. The Balaban J connectivity index is 1.97. The van der Waals surface area contributed by atoms with Crippen LogP contribution in [0.4, 0.5) is 11.4 Å². The van der Waals surface area contributed by atoms with E-state index in [0.717, 1.165) is 22.8 Å². The highest BCUT2D eigenvalue weighted by atomic mass is 16.2. The maximum atomic E-state index is 12.7. The molecule has 1 amide bonds. The summed E-state index contributed by atoms with van der Waals surface area (Å²) in [5, 5.41) is 12.0. The predicted molar refractivity (Wildman–Crippen MR) is 88.7 cm³/mol. The third kappa shape index (κ3) is 1.93. The summed E-state index contributed by atoms with van der Waals surface area (Å²) in [6, 6.07) is 9.66. The average molecular weight is 308 g/mol. The fraction of sp³-hybridized carbons (Fsp3) is 0.188. The maximum Gasteiger partial charge on any atom is 0.280 e. The van der Waals surface area contributed by atoms with Gasteiger partial charge in [-0.25, -0.2) is 4.68 Å². The molecule has 0 saturated heterocycles. The summed E-state index contributed by atoms with van der Waals surface area (Å²) in [6.07, 6.45) is 0. The highest BCUT2D eigenvalue weighted by molar-refractivity contribution is 6.44. The fourth-order valence-electron chi connectivity index (χ4n) is 2.86. The van der Waals surface area contributed by atoms with Crippen molar-refractivity contribution in [3.63, 3.8) is 0 Å². The molecule has 0 aliphatic carbocycles. The Kier molecular flexibility index (Phi) is 2.77. The molecule has 0 spiro atoms. The zero-order valence-corrected chi connectivity index (χ0v) is 13.1. The number of hydrogen-bond acceptors (Lipinski definition) is 5. The standard InChI is InChI=1S/C16H16N6O/c1-9-8-10(2)22(20-9)14-15-19-18-11(3)16(23)21(15)13-7-5-4-6-12(13)17-14/h4-8,17,19H,1-3H3. The molecule has 1 aromatic carbocycles. The SMILES string of the molecule is CC1=NNC2=C(n3nc(C)cc3C)Nc3ccccc3N2C1=O. The number of nitrogens with zero attached hydrogens (tertiary/aromatic N) is 4. The van der Waals surface area contributed by atoms with E-state index >= 15 is 0 Å². The van der Waals surface area contributed by atoms with E-state index in [2.05, 4.69) is 20.9 Å². The second-order valence-electron chi connectivity index (χ2n) is 5.63. The van der Waals surface area contributed by atoms with Crippen LogP contribution in [-0.2, 0) is 4.79 Å². The summed E-state index contributed by atoms with van der Waals surface area (Å²) in [6.45, 7) is 5.60. The number of rotatable bonds is 1. The van der Waals surface area contributed by atoms with E-state index < -0.39 is 0 Å². The van der Waals surface area contributed by atoms with Crippen molar-refractivity contribution in [3.8, 4) is 0 Å². The Bertz CT molecular complexity index is 892. The third-order valence-corrected chi connectivity index (χ3v) is 3.91. The average Bonchev–Trinajstić information content (AvgIpc) is 2.88. The first-order valence-corrected chi connectivity index (χ1v) is 7.35. The lowest BCUT2D eigenvalue weighted by Gasteiger charge is -2.35. The summed E-state index contributed by atoms with van der Waals surface area (Å²) in [4.78, 5) is 14.3. The van der Waals surface area contributed by atoms with Crippen molar-refractivity contribution >= 4 is 28.8 Å². The second kappa shape index (κ2) is 4.70. The van der Waals surface area contributed by atoms with Gasteiger partial charge in [0, 0.05) is 5.69 Å². The Hall–Kier alpha value is -3.09. The summed E-state index contributed by atoms with van der Waals surface area (Å²) in [5.74, 6) is 1.11. The molecule has 4 rings (SSSR count). The van der Waals surface area contributed by atoms with Crippen molar-refractivity contribution in [1.29, 1.82) is 0 Å². The van der Waals surface area contributed by atoms with Gasteiger partial charge in [-0.1, -0.05) is 12.1 Å². The van der Waals surface area contributed by atoms with Crippen LogP contribution >= 0.6 is 0 Å². The van der Waals surface area contributed by atoms with Gasteiger partial charge in [-0.3, -0.25) is 15.1 Å². The number of aromatic nitrogens is 2. The van der Waals surface area contributed by atoms with Gasteiger partial charge < -0.3 is 5.32 Å². The lowest BCUT2D eigenvalue weighted by Crippen LogP contribution is -2.47. The maximum absolute atomic E-state index is 12.7. The van der Waals surface area contributed by atoms with Crippen LogP contribution < -0.4 is 15.6 Å². The zero-order valence-electron chi connectivity index (χ0n) is 13.1. The van der Waals surface area contributed by atoms with E-state index in [1.807, 2.05) is 44.2 Å². The number of nitrogens with one attached hydrogen (secondary N) is 2. The molecule has 0 fully saturated rings. The highest BCUT2D eigenvalue weighted by Crippen LogP contribution is 2.37. The lowest BCUT2D eigenvalue weighted by atomic mass is 10.1. The summed E-state index contributed by atoms with van der Waals surface area (Å²) in [5.41, 5.74) is 6.91. The first-order chi connectivity index (χ1) is 11.1. The first-order valence-electron chi connectivity index (χ1n) is 7.35. The van der Waals surface area contributed by atoms with Gasteiger partial charge in [-0.15, -0.1) is 0 Å². The minimum absolute atomic E-state index is 0.147. The summed E-state index contributed by atoms with van der Waals surface area (Å²) >= 11 is 0. The minimum Gasteiger partial charge on any atom is -0.335 e. The Morgan fingerprint density at radius 1 is 1.09 bits per heavy atom. The van der Waals surface area contributed by atoms with Crippen molar-refractivity contribution in [2.75, 3.05) is 10.2 Å². The number of para-hydroxylation sites is 2. The van der Waals surface area contributed by atoms with Gasteiger partial charge in [0.2, 0.25) is 0 Å². The van der Waals surface area contributed by atoms with Crippen molar-refractivity contribution < 1.29 is 4.79 Å². The summed E-state index contributed by atoms with van der Waals surface area (Å²) in [7, 11) is 0. The first kappa shape index (κ1) is 13.6. The molecule has 116 valence electrons. The molecule has 2 N–H and O–H groups in total. The number of carbonyl (C=O) groups is 1. The number of fused-ring (bicyclic) bond motifs is 3. The van der Waals surface area contributed by atoms with E-state index in [0.29, 0.717) is 17.4 Å². The van der Waals surface area contributed by atoms with E-state index in [4.69, 9.17) is 0 Å². The Morgan fingerprint density at radius 2 is 1.87 bits per heavy atom. The van der Waals surface area contributed by atoms with Crippen LogP contribution in [0.5, 0.6) is 0 Å². The van der Waals surface area contributed by atoms with Gasteiger partial charge in [0.25, 0.3) is 5.91 Å². The molecule has 2 aromatic rings. The molecule has 1 aromatic heterocycles. The molecule has 0 atom stereocenters. The number of hydrazone groups is 1. The van der Waals surface area contributed by atoms with Gasteiger partial charge in [0.1, 0.15) is 5.71 Å². The van der Waals surface area contributed by atoms with E-state index in [9.17, 15) is 4.79 Å². The molecular weight excluding hydrogens is 292 g/mol. The molecule has 0 bridgehead atoms. The predicted octanol–water partition coefficient (Wildman–Crippen LogP) is 2.02. The second-order valence-corrected chi connectivity index (χ2v) is 5.63. The van der Waals surface area contributed by atoms with E-state index in [1.54, 1.807) is 16.5 Å². The molecule has 23 heavy (non-hydrogen) atoms. The molecule has 2 aliphatic rings. The van der Waals surface area contributed by atoms with Crippen molar-refractivity contribution in [3.05, 3.63) is 47.5 Å². The largest absolute Gasteiger partial charge is 0.335 e. The number of amides is 1. The van der Waals surface area contributed by atoms with Crippen molar-refractivity contribution in [2.45, 2.75) is 20.8 Å². The molecule has 0 unspecified atom stereocenters. The van der Waals surface area contributed by atoms with Crippen LogP contribution in [0, 0.1) is 13.8 Å². The molecule has 0 radical (unpaired) electrons. The van der Waals surface area contributed by atoms with Gasteiger partial charge in [-0.05, 0) is 39.0 Å². The van der Waals surface area contributed by atoms with E-state index in [-0.39, 0.29) is 5.91 Å². The van der Waals surface area contributed by atoms with Gasteiger partial charge in [0.15, 0.2) is 11.6 Å². The number of carbonyl (C=O) groups excluding carboxylic acids is 1. The Labute approximate surface area is 133 Å². The van der Waals surface area contributed by atoms with Crippen LogP contribution in [0.15, 0.2) is 41.3 Å². The highest BCUT2D eigenvalue weighted by Gasteiger charge is 2.35. The molecular formula is C16H16N6O. The monoisotopic (exact) mass is 308 g/mol. The van der Waals surface area contributed by atoms with E-state index in [1.165, 1.54) is 0 Å². The molecule has 2 aliphatic heterocycles. The van der Waals surface area contributed by atoms with Crippen LogP contribution in [-0.4, -0.2) is 21.4 Å². The number of hydrogen-bond donors (Lipinski definition) is 2. The molecule has 7 heteroatoms. The lowest BCUT2D eigenvalue weighted by molar-refractivity contribution is -0.112. The number of anilines is 2. The topological polar surface area (TPSA) is 74.6 Å². The smallest absolute Gasteiger partial charge is 0.280 e. The van der Waals surface area contributed by atoms with Crippen molar-refractivity contribution in [2.24, 2.45) is 5.10 Å². The van der Waals surface area contributed by atoms with Gasteiger partial charge in [-0.2, -0.15) is 10.2 Å². The zero-order chi connectivity index (χ0) is 16.1. The summed E-state index contributed by atoms with van der Waals surface area (Å²) < 4.78 is 1.78. The molecule has 0 saturated carbocycles. The van der Waals surface area contributed by atoms with Gasteiger partial charge in [0.05, 0.1) is 17.1 Å². The van der Waals surface area contributed by atoms with Crippen LogP contribution in [0.1, 0.15) is 18.3 Å². The number of benzene rings is 1. The third-order valence-electron chi connectivity index (χ3n) is 3.91. The molecule has 3 heterocycles. The van der Waals surface area contributed by atoms with Crippen LogP contribution in [0.25, 0.3) is 5.82 Å². The number of aryl methyl sites for hydroxylation is 2. The Morgan fingerprint density at radius 3 is 2.61 bits per heavy atom. The quantitative estimate of drug-likeness (QED) is 0.845. The van der Waals surface area contributed by atoms with Crippen LogP contribution in [0.2, 0.25) is 0 Å². The minimum atomic E-state index is -0.147. The van der Waals surface area contributed by atoms with Gasteiger partial charge >= 0.3 is 0 Å². The molecule has 7 nitrogen and oxygen atoms in total.